The van der Waals surface area contributed by atoms with Crippen molar-refractivity contribution in [2.45, 2.75) is 51.6 Å². The van der Waals surface area contributed by atoms with E-state index in [1.54, 1.807) is 13.0 Å². The predicted molar refractivity (Wildman–Crippen MR) is 94.3 cm³/mol. The number of carbonyl (C=O) groups excluding carboxylic acids is 2. The van der Waals surface area contributed by atoms with Gasteiger partial charge in [-0.1, -0.05) is 6.07 Å². The lowest BCUT2D eigenvalue weighted by molar-refractivity contribution is -0.137. The van der Waals surface area contributed by atoms with Crippen LogP contribution >= 0.6 is 0 Å². The highest BCUT2D eigenvalue weighted by Crippen LogP contribution is 2.24. The number of rotatable bonds is 3. The third-order valence-electron chi connectivity index (χ3n) is 5.13. The number of ether oxygens (including phenoxy) is 1. The molecule has 0 N–H and O–H groups in total. The Bertz CT molecular complexity index is 628. The van der Waals surface area contributed by atoms with Crippen LogP contribution in [0.1, 0.15) is 48.8 Å². The molecule has 0 spiro atoms. The molecule has 3 heterocycles. The van der Waals surface area contributed by atoms with E-state index in [0.717, 1.165) is 37.9 Å². The lowest BCUT2D eigenvalue weighted by atomic mass is 9.98. The molecular formula is C19H27N3O3. The molecule has 1 aromatic rings. The molecule has 0 saturated carbocycles. The maximum absolute atomic E-state index is 12.8. The average molecular weight is 345 g/mol. The van der Waals surface area contributed by atoms with E-state index in [-0.39, 0.29) is 23.9 Å². The smallest absolute Gasteiger partial charge is 0.272 e. The molecule has 2 aliphatic rings. The van der Waals surface area contributed by atoms with Gasteiger partial charge in [-0.25, -0.2) is 4.98 Å². The predicted octanol–water partition coefficient (Wildman–Crippen LogP) is 2.02. The normalized spacial score (nSPS) is 21.8. The van der Waals surface area contributed by atoms with Crippen LogP contribution in [0.2, 0.25) is 0 Å². The first-order valence-corrected chi connectivity index (χ1v) is 9.16. The van der Waals surface area contributed by atoms with Crippen LogP contribution in [0.25, 0.3) is 0 Å². The number of nitrogens with zero attached hydrogens (tertiary/aromatic N) is 3. The van der Waals surface area contributed by atoms with Crippen LogP contribution in [0.3, 0.4) is 0 Å². The van der Waals surface area contributed by atoms with Crippen molar-refractivity contribution in [2.75, 3.05) is 26.3 Å². The number of amides is 2. The minimum atomic E-state index is -0.0381. The SMILES string of the molecule is CC(=O)N(C1CCOCC1)C1CCCN(C(=O)c2cccc(C)n2)C1. The van der Waals surface area contributed by atoms with Crippen LogP contribution in [0.4, 0.5) is 0 Å². The van der Waals surface area contributed by atoms with Gasteiger partial charge in [-0.05, 0) is 44.7 Å². The van der Waals surface area contributed by atoms with Crippen molar-refractivity contribution in [2.24, 2.45) is 0 Å². The second-order valence-electron chi connectivity index (χ2n) is 6.98. The van der Waals surface area contributed by atoms with Crippen molar-refractivity contribution in [1.82, 2.24) is 14.8 Å². The summed E-state index contributed by atoms with van der Waals surface area (Å²) in [5.41, 5.74) is 1.33. The molecular weight excluding hydrogens is 318 g/mol. The molecule has 6 heteroatoms. The fourth-order valence-electron chi connectivity index (χ4n) is 3.97. The molecule has 0 radical (unpaired) electrons. The Hall–Kier alpha value is -1.95. The van der Waals surface area contributed by atoms with Gasteiger partial charge in [-0.2, -0.15) is 0 Å². The molecule has 0 aliphatic carbocycles. The molecule has 2 saturated heterocycles. The van der Waals surface area contributed by atoms with E-state index < -0.39 is 0 Å². The zero-order valence-electron chi connectivity index (χ0n) is 15.1. The maximum atomic E-state index is 12.8. The lowest BCUT2D eigenvalue weighted by Crippen LogP contribution is -2.55. The Labute approximate surface area is 149 Å². The number of hydrogen-bond donors (Lipinski definition) is 0. The number of aryl methyl sites for hydroxylation is 1. The van der Waals surface area contributed by atoms with Gasteiger partial charge >= 0.3 is 0 Å². The molecule has 3 rings (SSSR count). The van der Waals surface area contributed by atoms with E-state index in [1.807, 2.05) is 28.9 Å². The van der Waals surface area contributed by atoms with Gasteiger partial charge in [0, 0.05) is 51.0 Å². The highest BCUT2D eigenvalue weighted by molar-refractivity contribution is 5.92. The second kappa shape index (κ2) is 7.95. The van der Waals surface area contributed by atoms with Gasteiger partial charge in [-0.15, -0.1) is 0 Å². The minimum Gasteiger partial charge on any atom is -0.381 e. The van der Waals surface area contributed by atoms with Crippen molar-refractivity contribution < 1.29 is 14.3 Å². The molecule has 2 aliphatic heterocycles. The Kier molecular flexibility index (Phi) is 5.68. The van der Waals surface area contributed by atoms with E-state index in [2.05, 4.69) is 4.98 Å². The molecule has 2 fully saturated rings. The quantitative estimate of drug-likeness (QED) is 0.841. The largest absolute Gasteiger partial charge is 0.381 e. The van der Waals surface area contributed by atoms with Crippen LogP contribution in [0.15, 0.2) is 18.2 Å². The summed E-state index contributed by atoms with van der Waals surface area (Å²) in [6.07, 6.45) is 3.62. The van der Waals surface area contributed by atoms with E-state index in [0.29, 0.717) is 25.5 Å². The van der Waals surface area contributed by atoms with Gasteiger partial charge in [0.15, 0.2) is 0 Å². The van der Waals surface area contributed by atoms with Gasteiger partial charge in [0.2, 0.25) is 5.91 Å². The van der Waals surface area contributed by atoms with Gasteiger partial charge in [-0.3, -0.25) is 9.59 Å². The Morgan fingerprint density at radius 3 is 2.64 bits per heavy atom. The van der Waals surface area contributed by atoms with Crippen molar-refractivity contribution in [3.8, 4) is 0 Å². The average Bonchev–Trinajstić information content (AvgIpc) is 2.62. The summed E-state index contributed by atoms with van der Waals surface area (Å²) in [5.74, 6) is 0.0590. The lowest BCUT2D eigenvalue weighted by Gasteiger charge is -2.43. The summed E-state index contributed by atoms with van der Waals surface area (Å²) in [5, 5.41) is 0. The second-order valence-corrected chi connectivity index (χ2v) is 6.98. The van der Waals surface area contributed by atoms with E-state index in [4.69, 9.17) is 4.74 Å². The Morgan fingerprint density at radius 2 is 1.96 bits per heavy atom. The molecule has 0 bridgehead atoms. The summed E-state index contributed by atoms with van der Waals surface area (Å²) in [6.45, 7) is 6.25. The molecule has 2 amide bonds. The van der Waals surface area contributed by atoms with Crippen LogP contribution < -0.4 is 0 Å². The first-order chi connectivity index (χ1) is 12.1. The molecule has 136 valence electrons. The number of pyridine rings is 1. The first-order valence-electron chi connectivity index (χ1n) is 9.16. The highest BCUT2D eigenvalue weighted by atomic mass is 16.5. The van der Waals surface area contributed by atoms with Crippen molar-refractivity contribution in [1.29, 1.82) is 0 Å². The van der Waals surface area contributed by atoms with Crippen molar-refractivity contribution in [3.63, 3.8) is 0 Å². The Balaban J connectivity index is 1.72. The zero-order chi connectivity index (χ0) is 17.8. The standard InChI is InChI=1S/C19H27N3O3/c1-14-5-3-7-18(20-14)19(24)21-10-4-6-17(13-21)22(15(2)23)16-8-11-25-12-9-16/h3,5,7,16-17H,4,6,8-13H2,1-2H3. The molecule has 25 heavy (non-hydrogen) atoms. The van der Waals surface area contributed by atoms with Crippen LogP contribution in [0.5, 0.6) is 0 Å². The highest BCUT2D eigenvalue weighted by Gasteiger charge is 2.34. The van der Waals surface area contributed by atoms with E-state index >= 15 is 0 Å². The monoisotopic (exact) mass is 345 g/mol. The number of carbonyl (C=O) groups is 2. The summed E-state index contributed by atoms with van der Waals surface area (Å²) in [4.78, 5) is 33.3. The molecule has 6 nitrogen and oxygen atoms in total. The summed E-state index contributed by atoms with van der Waals surface area (Å²) >= 11 is 0. The number of aromatic nitrogens is 1. The number of piperidine rings is 1. The summed E-state index contributed by atoms with van der Waals surface area (Å²) in [6, 6.07) is 5.82. The van der Waals surface area contributed by atoms with Crippen molar-refractivity contribution >= 4 is 11.8 Å². The van der Waals surface area contributed by atoms with E-state index in [1.165, 1.54) is 0 Å². The van der Waals surface area contributed by atoms with Crippen LogP contribution in [-0.2, 0) is 9.53 Å². The summed E-state index contributed by atoms with van der Waals surface area (Å²) in [7, 11) is 0. The minimum absolute atomic E-state index is 0.0381. The molecule has 1 aromatic heterocycles. The first kappa shape index (κ1) is 17.9. The third-order valence-corrected chi connectivity index (χ3v) is 5.13. The fourth-order valence-corrected chi connectivity index (χ4v) is 3.97. The molecule has 1 atom stereocenters. The fraction of sp³-hybridized carbons (Fsp3) is 0.632. The van der Waals surface area contributed by atoms with Gasteiger partial charge in [0.25, 0.3) is 5.91 Å². The van der Waals surface area contributed by atoms with Gasteiger partial charge in [0.05, 0.1) is 0 Å². The topological polar surface area (TPSA) is 62.7 Å². The van der Waals surface area contributed by atoms with Crippen LogP contribution in [-0.4, -0.2) is 65.0 Å². The third kappa shape index (κ3) is 4.18. The molecule has 0 aromatic carbocycles. The number of hydrogen-bond acceptors (Lipinski definition) is 4. The summed E-state index contributed by atoms with van der Waals surface area (Å²) < 4.78 is 5.43. The number of likely N-dealkylation sites (tertiary alicyclic amines) is 1. The molecule has 1 unspecified atom stereocenters. The zero-order valence-corrected chi connectivity index (χ0v) is 15.1. The van der Waals surface area contributed by atoms with Gasteiger partial charge in [0.1, 0.15) is 5.69 Å². The Morgan fingerprint density at radius 1 is 1.20 bits per heavy atom. The van der Waals surface area contributed by atoms with Crippen molar-refractivity contribution in [3.05, 3.63) is 29.6 Å². The van der Waals surface area contributed by atoms with Gasteiger partial charge < -0.3 is 14.5 Å². The van der Waals surface area contributed by atoms with Crippen LogP contribution in [0, 0.1) is 6.92 Å². The van der Waals surface area contributed by atoms with E-state index in [9.17, 15) is 9.59 Å². The maximum Gasteiger partial charge on any atom is 0.272 e.